The molecule has 0 atom stereocenters. The van der Waals surface area contributed by atoms with E-state index < -0.39 is 0 Å². The Morgan fingerprint density at radius 2 is 2.24 bits per heavy atom. The van der Waals surface area contributed by atoms with Crippen LogP contribution in [0.1, 0.15) is 16.1 Å². The summed E-state index contributed by atoms with van der Waals surface area (Å²) in [5, 5.41) is 3.34. The molecule has 0 unspecified atom stereocenters. The Kier molecular flexibility index (Phi) is 5.59. The number of hydrogen-bond donors (Lipinski definition) is 1. The molecule has 2 heterocycles. The van der Waals surface area contributed by atoms with Crippen molar-refractivity contribution >= 4 is 28.9 Å². The molecule has 0 radical (unpaired) electrons. The van der Waals surface area contributed by atoms with Gasteiger partial charge in [0.15, 0.2) is 5.96 Å². The highest BCUT2D eigenvalue weighted by Gasteiger charge is 2.09. The molecule has 0 aromatic carbocycles. The Bertz CT molecular complexity index is 624. The molecule has 2 aromatic rings. The third kappa shape index (κ3) is 4.44. The minimum absolute atomic E-state index is 0.662. The third-order valence-corrected chi connectivity index (χ3v) is 4.34. The Hall–Kier alpha value is -1.59. The zero-order chi connectivity index (χ0) is 15.2. The summed E-state index contributed by atoms with van der Waals surface area (Å²) in [7, 11) is 3.79. The van der Waals surface area contributed by atoms with Crippen molar-refractivity contribution < 1.29 is 0 Å². The molecular formula is C15H19ClN4S. The smallest absolute Gasteiger partial charge is 0.194 e. The number of nitrogens with zero attached hydrogens (tertiary/aromatic N) is 3. The highest BCUT2D eigenvalue weighted by molar-refractivity contribution is 7.16. The van der Waals surface area contributed by atoms with Gasteiger partial charge in [-0.2, -0.15) is 0 Å². The number of aromatic nitrogens is 1. The number of pyridine rings is 1. The van der Waals surface area contributed by atoms with Crippen molar-refractivity contribution in [2.24, 2.45) is 4.99 Å². The van der Waals surface area contributed by atoms with Crippen LogP contribution in [0.3, 0.4) is 0 Å². The summed E-state index contributed by atoms with van der Waals surface area (Å²) < 4.78 is 0.811. The van der Waals surface area contributed by atoms with Crippen LogP contribution in [0, 0.1) is 6.92 Å². The van der Waals surface area contributed by atoms with Crippen LogP contribution in [-0.4, -0.2) is 29.9 Å². The maximum atomic E-state index is 5.96. The van der Waals surface area contributed by atoms with Gasteiger partial charge in [0.25, 0.3) is 0 Å². The van der Waals surface area contributed by atoms with Crippen LogP contribution >= 0.6 is 22.9 Å². The SMILES string of the molecule is CN=C(NCc1ncccc1C)N(C)Cc1ccc(Cl)s1. The molecular weight excluding hydrogens is 304 g/mol. The fourth-order valence-electron chi connectivity index (χ4n) is 2.00. The largest absolute Gasteiger partial charge is 0.351 e. The number of halogens is 1. The summed E-state index contributed by atoms with van der Waals surface area (Å²) in [6, 6.07) is 7.97. The molecule has 0 spiro atoms. The molecule has 2 aromatic heterocycles. The quantitative estimate of drug-likeness (QED) is 0.693. The Morgan fingerprint density at radius 1 is 1.43 bits per heavy atom. The van der Waals surface area contributed by atoms with Gasteiger partial charge in [-0.1, -0.05) is 17.7 Å². The van der Waals surface area contributed by atoms with E-state index in [0.29, 0.717) is 6.54 Å². The second-order valence-electron chi connectivity index (χ2n) is 4.73. The van der Waals surface area contributed by atoms with Crippen molar-refractivity contribution in [2.75, 3.05) is 14.1 Å². The van der Waals surface area contributed by atoms with Crippen molar-refractivity contribution in [1.29, 1.82) is 0 Å². The van der Waals surface area contributed by atoms with Gasteiger partial charge in [0.1, 0.15) is 0 Å². The van der Waals surface area contributed by atoms with Crippen LogP contribution in [0.2, 0.25) is 4.34 Å². The van der Waals surface area contributed by atoms with E-state index in [9.17, 15) is 0 Å². The van der Waals surface area contributed by atoms with Crippen LogP contribution < -0.4 is 5.32 Å². The van der Waals surface area contributed by atoms with Gasteiger partial charge in [-0.3, -0.25) is 9.98 Å². The van der Waals surface area contributed by atoms with Crippen molar-refractivity contribution in [2.45, 2.75) is 20.0 Å². The van der Waals surface area contributed by atoms with Crippen LogP contribution in [0.15, 0.2) is 35.5 Å². The predicted octanol–water partition coefficient (Wildman–Crippen LogP) is 3.31. The fraction of sp³-hybridized carbons (Fsp3) is 0.333. The Labute approximate surface area is 134 Å². The minimum atomic E-state index is 0.662. The summed E-state index contributed by atoms with van der Waals surface area (Å²) in [4.78, 5) is 12.0. The molecule has 0 aliphatic heterocycles. The molecule has 0 fully saturated rings. The number of rotatable bonds is 4. The zero-order valence-corrected chi connectivity index (χ0v) is 14.0. The monoisotopic (exact) mass is 322 g/mol. The molecule has 4 nitrogen and oxygen atoms in total. The highest BCUT2D eigenvalue weighted by Crippen LogP contribution is 2.22. The second kappa shape index (κ2) is 7.43. The van der Waals surface area contributed by atoms with E-state index in [1.807, 2.05) is 31.4 Å². The zero-order valence-electron chi connectivity index (χ0n) is 12.4. The molecule has 0 saturated heterocycles. The van der Waals surface area contributed by atoms with Gasteiger partial charge in [0, 0.05) is 25.2 Å². The van der Waals surface area contributed by atoms with E-state index in [-0.39, 0.29) is 0 Å². The molecule has 2 rings (SSSR count). The molecule has 1 N–H and O–H groups in total. The van der Waals surface area contributed by atoms with Crippen LogP contribution in [-0.2, 0) is 13.1 Å². The van der Waals surface area contributed by atoms with Crippen molar-refractivity contribution in [3.05, 3.63) is 50.9 Å². The lowest BCUT2D eigenvalue weighted by molar-refractivity contribution is 0.480. The molecule has 6 heteroatoms. The number of aliphatic imine (C=N–C) groups is 1. The van der Waals surface area contributed by atoms with Gasteiger partial charge in [-0.15, -0.1) is 11.3 Å². The lowest BCUT2D eigenvalue weighted by atomic mass is 10.2. The standard InChI is InChI=1S/C15H19ClN4S/c1-11-5-4-8-18-13(11)9-19-15(17-2)20(3)10-12-6-7-14(16)21-12/h4-8H,9-10H2,1-3H3,(H,17,19). The normalized spacial score (nSPS) is 11.5. The van der Waals surface area contributed by atoms with Gasteiger partial charge < -0.3 is 10.2 Å². The molecule has 112 valence electrons. The first kappa shape index (κ1) is 15.8. The number of nitrogens with one attached hydrogen (secondary N) is 1. The van der Waals surface area contributed by atoms with Crippen molar-refractivity contribution in [3.63, 3.8) is 0 Å². The fourth-order valence-corrected chi connectivity index (χ4v) is 3.14. The summed E-state index contributed by atoms with van der Waals surface area (Å²) in [5.41, 5.74) is 2.21. The van der Waals surface area contributed by atoms with Crippen LogP contribution in [0.5, 0.6) is 0 Å². The molecule has 0 aliphatic rings. The van der Waals surface area contributed by atoms with Crippen molar-refractivity contribution in [1.82, 2.24) is 15.2 Å². The van der Waals surface area contributed by atoms with Gasteiger partial charge in [-0.05, 0) is 30.7 Å². The third-order valence-electron chi connectivity index (χ3n) is 3.13. The Morgan fingerprint density at radius 3 is 2.86 bits per heavy atom. The lowest BCUT2D eigenvalue weighted by Gasteiger charge is -2.21. The van der Waals surface area contributed by atoms with E-state index >= 15 is 0 Å². The maximum Gasteiger partial charge on any atom is 0.194 e. The first-order valence-electron chi connectivity index (χ1n) is 6.66. The van der Waals surface area contributed by atoms with E-state index in [1.165, 1.54) is 10.4 Å². The van der Waals surface area contributed by atoms with Gasteiger partial charge in [0.05, 0.1) is 23.1 Å². The average Bonchev–Trinajstić information content (AvgIpc) is 2.86. The second-order valence-corrected chi connectivity index (χ2v) is 6.53. The van der Waals surface area contributed by atoms with Gasteiger partial charge in [0.2, 0.25) is 0 Å². The molecule has 21 heavy (non-hydrogen) atoms. The van der Waals surface area contributed by atoms with E-state index in [4.69, 9.17) is 11.6 Å². The molecule has 0 saturated carbocycles. The summed E-state index contributed by atoms with van der Waals surface area (Å²) >= 11 is 7.55. The van der Waals surface area contributed by atoms with Crippen LogP contribution in [0.4, 0.5) is 0 Å². The lowest BCUT2D eigenvalue weighted by Crippen LogP contribution is -2.38. The highest BCUT2D eigenvalue weighted by atomic mass is 35.5. The number of guanidine groups is 1. The molecule has 0 bridgehead atoms. The molecule has 0 aliphatic carbocycles. The number of aryl methyl sites for hydroxylation is 1. The van der Waals surface area contributed by atoms with E-state index in [0.717, 1.165) is 22.5 Å². The average molecular weight is 323 g/mol. The molecule has 0 amide bonds. The first-order chi connectivity index (χ1) is 10.1. The topological polar surface area (TPSA) is 40.5 Å². The van der Waals surface area contributed by atoms with Crippen molar-refractivity contribution in [3.8, 4) is 0 Å². The van der Waals surface area contributed by atoms with E-state index in [2.05, 4.69) is 33.2 Å². The van der Waals surface area contributed by atoms with Gasteiger partial charge in [-0.25, -0.2) is 0 Å². The van der Waals surface area contributed by atoms with Gasteiger partial charge >= 0.3 is 0 Å². The predicted molar refractivity (Wildman–Crippen MR) is 90.0 cm³/mol. The minimum Gasteiger partial charge on any atom is -0.351 e. The summed E-state index contributed by atoms with van der Waals surface area (Å²) in [5.74, 6) is 0.838. The summed E-state index contributed by atoms with van der Waals surface area (Å²) in [6.07, 6.45) is 1.81. The Balaban J connectivity index is 1.95. The van der Waals surface area contributed by atoms with E-state index in [1.54, 1.807) is 18.4 Å². The summed E-state index contributed by atoms with van der Waals surface area (Å²) in [6.45, 7) is 3.50. The maximum absolute atomic E-state index is 5.96. The number of hydrogen-bond acceptors (Lipinski definition) is 3. The first-order valence-corrected chi connectivity index (χ1v) is 7.86. The van der Waals surface area contributed by atoms with Crippen LogP contribution in [0.25, 0.3) is 0 Å². The number of thiophene rings is 1.